The van der Waals surface area contributed by atoms with Crippen molar-refractivity contribution in [2.45, 2.75) is 13.1 Å². The van der Waals surface area contributed by atoms with Gasteiger partial charge in [-0.25, -0.2) is 0 Å². The van der Waals surface area contributed by atoms with Gasteiger partial charge in [-0.1, -0.05) is 6.58 Å². The summed E-state index contributed by atoms with van der Waals surface area (Å²) >= 11 is 0. The summed E-state index contributed by atoms with van der Waals surface area (Å²) in [5.74, 6) is 1.01. The molecule has 1 rings (SSSR count). The third-order valence-corrected chi connectivity index (χ3v) is 1.46. The normalized spacial score (nSPS) is 26.6. The molecule has 0 amide bonds. The number of nitrogens with zero attached hydrogens (tertiary/aromatic N) is 1. The van der Waals surface area contributed by atoms with Crippen molar-refractivity contribution in [3.8, 4) is 0 Å². The maximum Gasteiger partial charge on any atom is 0.114 e. The fraction of sp³-hybridized carbons (Fsp3) is 0.571. The Morgan fingerprint density at radius 2 is 2.73 bits per heavy atom. The lowest BCUT2D eigenvalue weighted by Gasteiger charge is -2.01. The lowest BCUT2D eigenvalue weighted by atomic mass is 10.6. The number of hydrogen-bond acceptors (Lipinski definition) is 3. The second kappa shape index (κ2) is 3.98. The number of rotatable bonds is 3. The molecule has 4 heteroatoms. The van der Waals surface area contributed by atoms with Crippen molar-refractivity contribution in [2.75, 3.05) is 13.2 Å². The van der Waals surface area contributed by atoms with E-state index in [0.717, 1.165) is 12.4 Å². The maximum absolute atomic E-state index is 4.22. The van der Waals surface area contributed by atoms with Gasteiger partial charge in [-0.2, -0.15) is 0 Å². The van der Waals surface area contributed by atoms with Crippen molar-refractivity contribution in [3.05, 3.63) is 12.8 Å². The van der Waals surface area contributed by atoms with E-state index >= 15 is 0 Å². The van der Waals surface area contributed by atoms with Gasteiger partial charge in [0.2, 0.25) is 0 Å². The van der Waals surface area contributed by atoms with E-state index in [0.29, 0.717) is 12.8 Å². The molecule has 1 fully saturated rings. The number of amidine groups is 1. The average molecular weight is 154 g/mol. The van der Waals surface area contributed by atoms with Crippen LogP contribution in [0.15, 0.2) is 17.8 Å². The molecule has 1 saturated heterocycles. The highest BCUT2D eigenvalue weighted by atomic mass is 15.2. The van der Waals surface area contributed by atoms with E-state index < -0.39 is 0 Å². The number of hydrogen-bond donors (Lipinski definition) is 3. The van der Waals surface area contributed by atoms with Crippen LogP contribution in [0.2, 0.25) is 0 Å². The quantitative estimate of drug-likeness (QED) is 0.485. The molecule has 0 radical (unpaired) electrons. The van der Waals surface area contributed by atoms with E-state index in [1.54, 1.807) is 6.20 Å². The molecule has 0 spiro atoms. The molecule has 0 aliphatic carbocycles. The van der Waals surface area contributed by atoms with Crippen molar-refractivity contribution in [1.82, 2.24) is 16.0 Å². The van der Waals surface area contributed by atoms with Crippen LogP contribution in [-0.2, 0) is 0 Å². The summed E-state index contributed by atoms with van der Waals surface area (Å²) in [4.78, 5) is 4.22. The summed E-state index contributed by atoms with van der Waals surface area (Å²) in [5, 5.41) is 9.28. The molecule has 0 saturated carbocycles. The van der Waals surface area contributed by atoms with Crippen LogP contribution in [0.25, 0.3) is 0 Å². The van der Waals surface area contributed by atoms with Gasteiger partial charge in [-0.05, 0) is 13.1 Å². The molecule has 1 aliphatic rings. The number of aliphatic imine (C=N–C) groups is 1. The molecule has 0 aromatic rings. The molecule has 0 aromatic heterocycles. The Bertz CT molecular complexity index is 164. The second-order valence-corrected chi connectivity index (χ2v) is 2.42. The fourth-order valence-electron chi connectivity index (χ4n) is 0.909. The fourth-order valence-corrected chi connectivity index (χ4v) is 0.909. The van der Waals surface area contributed by atoms with Gasteiger partial charge >= 0.3 is 0 Å². The third-order valence-electron chi connectivity index (χ3n) is 1.46. The largest absolute Gasteiger partial charge is 0.373 e. The predicted molar refractivity (Wildman–Crippen MR) is 46.2 cm³/mol. The smallest absolute Gasteiger partial charge is 0.114 e. The molecule has 1 atom stereocenters. The molecule has 1 unspecified atom stereocenters. The summed E-state index contributed by atoms with van der Waals surface area (Å²) in [6, 6.07) is 0. The topological polar surface area (TPSA) is 48.5 Å². The third kappa shape index (κ3) is 2.59. The van der Waals surface area contributed by atoms with E-state index in [9.17, 15) is 0 Å². The van der Waals surface area contributed by atoms with Crippen LogP contribution in [-0.4, -0.2) is 25.2 Å². The summed E-state index contributed by atoms with van der Waals surface area (Å²) in [6.45, 7) is 7.01. The molecule has 1 heterocycles. The first-order chi connectivity index (χ1) is 5.33. The molecular weight excluding hydrogens is 140 g/mol. The lowest BCUT2D eigenvalue weighted by molar-refractivity contribution is 0.620. The Labute approximate surface area is 66.8 Å². The van der Waals surface area contributed by atoms with Gasteiger partial charge in [-0.15, -0.1) is 0 Å². The van der Waals surface area contributed by atoms with Crippen LogP contribution in [0.3, 0.4) is 0 Å². The van der Waals surface area contributed by atoms with Gasteiger partial charge in [0, 0.05) is 0 Å². The highest BCUT2D eigenvalue weighted by Crippen LogP contribution is 1.86. The Balaban J connectivity index is 2.24. The zero-order valence-electron chi connectivity index (χ0n) is 6.72. The van der Waals surface area contributed by atoms with Gasteiger partial charge in [0.1, 0.15) is 12.5 Å². The van der Waals surface area contributed by atoms with Crippen LogP contribution < -0.4 is 16.0 Å². The maximum atomic E-state index is 4.22. The second-order valence-electron chi connectivity index (χ2n) is 2.42. The highest BCUT2D eigenvalue weighted by Gasteiger charge is 2.11. The van der Waals surface area contributed by atoms with Gasteiger partial charge in [0.15, 0.2) is 0 Å². The average Bonchev–Trinajstić information content (AvgIpc) is 2.37. The minimum Gasteiger partial charge on any atom is -0.373 e. The Kier molecular flexibility index (Phi) is 2.92. The van der Waals surface area contributed by atoms with Crippen molar-refractivity contribution < 1.29 is 0 Å². The van der Waals surface area contributed by atoms with Crippen LogP contribution in [0.1, 0.15) is 6.92 Å². The summed E-state index contributed by atoms with van der Waals surface area (Å²) in [6.07, 6.45) is 1.98. The summed E-state index contributed by atoms with van der Waals surface area (Å²) in [7, 11) is 0. The number of nitrogens with one attached hydrogen (secondary N) is 3. The summed E-state index contributed by atoms with van der Waals surface area (Å²) in [5.41, 5.74) is 0. The molecule has 11 heavy (non-hydrogen) atoms. The van der Waals surface area contributed by atoms with Crippen LogP contribution >= 0.6 is 0 Å². The van der Waals surface area contributed by atoms with Gasteiger partial charge < -0.3 is 10.6 Å². The van der Waals surface area contributed by atoms with Crippen LogP contribution in [0.4, 0.5) is 0 Å². The van der Waals surface area contributed by atoms with E-state index in [1.807, 2.05) is 0 Å². The first-order valence-electron chi connectivity index (χ1n) is 3.70. The van der Waals surface area contributed by atoms with Crippen molar-refractivity contribution >= 4 is 5.84 Å². The lowest BCUT2D eigenvalue weighted by Crippen LogP contribution is -2.28. The first-order valence-corrected chi connectivity index (χ1v) is 3.70. The zero-order valence-corrected chi connectivity index (χ0v) is 6.72. The Hall–Kier alpha value is -1.03. The van der Waals surface area contributed by atoms with Gasteiger partial charge in [-0.3, -0.25) is 10.3 Å². The SMILES string of the molecule is C=CNC/N=C1\CNC(C)N1. The summed E-state index contributed by atoms with van der Waals surface area (Å²) < 4.78 is 0. The molecule has 4 nitrogen and oxygen atoms in total. The van der Waals surface area contributed by atoms with Crippen molar-refractivity contribution in [3.63, 3.8) is 0 Å². The van der Waals surface area contributed by atoms with Crippen LogP contribution in [0, 0.1) is 0 Å². The minimum absolute atomic E-state index is 0.345. The molecule has 62 valence electrons. The molecule has 3 N–H and O–H groups in total. The standard InChI is InChI=1S/C7H14N4/c1-3-8-5-10-7-4-9-6(2)11-7/h3,6,8-9H,1,4-5H2,2H3,(H,10,11). The zero-order chi connectivity index (χ0) is 8.10. The van der Waals surface area contributed by atoms with Crippen molar-refractivity contribution in [1.29, 1.82) is 0 Å². The van der Waals surface area contributed by atoms with Gasteiger partial charge in [0.05, 0.1) is 12.7 Å². The molecule has 0 bridgehead atoms. The van der Waals surface area contributed by atoms with E-state index in [4.69, 9.17) is 0 Å². The molecular formula is C7H14N4. The Morgan fingerprint density at radius 3 is 3.27 bits per heavy atom. The predicted octanol–water partition coefficient (Wildman–Crippen LogP) is -0.386. The minimum atomic E-state index is 0.345. The highest BCUT2D eigenvalue weighted by molar-refractivity contribution is 5.86. The van der Waals surface area contributed by atoms with E-state index in [2.05, 4.69) is 34.4 Å². The molecule has 1 aliphatic heterocycles. The molecule has 0 aromatic carbocycles. The monoisotopic (exact) mass is 154 g/mol. The first kappa shape index (κ1) is 8.07. The Morgan fingerprint density at radius 1 is 1.91 bits per heavy atom. The van der Waals surface area contributed by atoms with Crippen molar-refractivity contribution in [2.24, 2.45) is 4.99 Å². The van der Waals surface area contributed by atoms with Crippen LogP contribution in [0.5, 0.6) is 0 Å². The van der Waals surface area contributed by atoms with Gasteiger partial charge in [0.25, 0.3) is 0 Å². The van der Waals surface area contributed by atoms with E-state index in [1.165, 1.54) is 0 Å². The van der Waals surface area contributed by atoms with E-state index in [-0.39, 0.29) is 0 Å².